The first kappa shape index (κ1) is 14.1. The topological polar surface area (TPSA) is 66.4 Å². The summed E-state index contributed by atoms with van der Waals surface area (Å²) in [6.07, 6.45) is 11.4. The fourth-order valence-corrected chi connectivity index (χ4v) is 3.21. The highest BCUT2D eigenvalue weighted by Crippen LogP contribution is 2.39. The zero-order valence-corrected chi connectivity index (χ0v) is 11.4. The third-order valence-corrected chi connectivity index (χ3v) is 4.40. The third-order valence-electron chi connectivity index (χ3n) is 4.40. The highest BCUT2D eigenvalue weighted by molar-refractivity contribution is 5.85. The van der Waals surface area contributed by atoms with Gasteiger partial charge in [0.05, 0.1) is 5.41 Å². The maximum Gasteiger partial charge on any atom is 0.310 e. The lowest BCUT2D eigenvalue weighted by Crippen LogP contribution is -2.42. The molecule has 0 aromatic rings. The summed E-state index contributed by atoms with van der Waals surface area (Å²) in [4.78, 5) is 23.6. The second-order valence-corrected chi connectivity index (χ2v) is 5.87. The SMILES string of the molecule is O=C(CC1(C(=O)O)CCCCC1)NC1CC=CCC1. The summed E-state index contributed by atoms with van der Waals surface area (Å²) in [5.41, 5.74) is -0.813. The van der Waals surface area contributed by atoms with Crippen molar-refractivity contribution >= 4 is 11.9 Å². The molecule has 0 aromatic carbocycles. The zero-order valence-electron chi connectivity index (χ0n) is 11.4. The van der Waals surface area contributed by atoms with Crippen LogP contribution in [0.1, 0.15) is 57.8 Å². The van der Waals surface area contributed by atoms with E-state index in [0.717, 1.165) is 38.5 Å². The molecule has 19 heavy (non-hydrogen) atoms. The number of amides is 1. The summed E-state index contributed by atoms with van der Waals surface area (Å²) in [5.74, 6) is -0.893. The second kappa shape index (κ2) is 6.22. The maximum absolute atomic E-state index is 12.1. The van der Waals surface area contributed by atoms with E-state index < -0.39 is 11.4 Å². The van der Waals surface area contributed by atoms with Gasteiger partial charge in [0.2, 0.25) is 5.91 Å². The molecular weight excluding hydrogens is 242 g/mol. The molecule has 0 bridgehead atoms. The van der Waals surface area contributed by atoms with Crippen molar-refractivity contribution in [2.45, 2.75) is 63.8 Å². The van der Waals surface area contributed by atoms with Gasteiger partial charge in [0.25, 0.3) is 0 Å². The van der Waals surface area contributed by atoms with E-state index in [2.05, 4.69) is 17.5 Å². The molecule has 1 fully saturated rings. The molecule has 4 heteroatoms. The summed E-state index contributed by atoms with van der Waals surface area (Å²) in [7, 11) is 0. The quantitative estimate of drug-likeness (QED) is 0.768. The molecule has 0 radical (unpaired) electrons. The molecule has 4 nitrogen and oxygen atoms in total. The van der Waals surface area contributed by atoms with E-state index in [1.54, 1.807) is 0 Å². The summed E-state index contributed by atoms with van der Waals surface area (Å²) in [6, 6.07) is 0.187. The monoisotopic (exact) mass is 265 g/mol. The van der Waals surface area contributed by atoms with Crippen LogP contribution in [0.3, 0.4) is 0 Å². The lowest BCUT2D eigenvalue weighted by atomic mass is 9.71. The van der Waals surface area contributed by atoms with Gasteiger partial charge in [-0.05, 0) is 32.1 Å². The Bertz CT molecular complexity index is 370. The number of nitrogens with one attached hydrogen (secondary N) is 1. The fourth-order valence-electron chi connectivity index (χ4n) is 3.21. The molecule has 1 atom stereocenters. The van der Waals surface area contributed by atoms with Crippen molar-refractivity contribution in [2.24, 2.45) is 5.41 Å². The van der Waals surface area contributed by atoms with Crippen LogP contribution in [0.4, 0.5) is 0 Å². The molecule has 0 aliphatic heterocycles. The van der Waals surface area contributed by atoms with Crippen LogP contribution in [0.15, 0.2) is 12.2 Å². The molecule has 106 valence electrons. The standard InChI is InChI=1S/C15H23NO3/c17-13(16-12-7-3-1-4-8-12)11-15(14(18)19)9-5-2-6-10-15/h1,3,12H,2,4-11H2,(H,16,17)(H,18,19). The Morgan fingerprint density at radius 3 is 2.53 bits per heavy atom. The zero-order chi connectivity index (χ0) is 13.7. The number of hydrogen-bond acceptors (Lipinski definition) is 2. The first-order valence-corrected chi connectivity index (χ1v) is 7.30. The minimum atomic E-state index is -0.813. The normalized spacial score (nSPS) is 25.8. The first-order chi connectivity index (χ1) is 9.12. The van der Waals surface area contributed by atoms with Crippen LogP contribution >= 0.6 is 0 Å². The van der Waals surface area contributed by atoms with Gasteiger partial charge in [-0.25, -0.2) is 0 Å². The Kier molecular flexibility index (Phi) is 4.61. The van der Waals surface area contributed by atoms with Crippen LogP contribution in [-0.2, 0) is 9.59 Å². The van der Waals surface area contributed by atoms with Crippen LogP contribution in [0, 0.1) is 5.41 Å². The van der Waals surface area contributed by atoms with Gasteiger partial charge in [-0.15, -0.1) is 0 Å². The number of aliphatic carboxylic acids is 1. The van der Waals surface area contributed by atoms with Crippen LogP contribution < -0.4 is 5.32 Å². The fraction of sp³-hybridized carbons (Fsp3) is 0.733. The minimum absolute atomic E-state index is 0.0930. The van der Waals surface area contributed by atoms with Crippen molar-refractivity contribution in [3.63, 3.8) is 0 Å². The summed E-state index contributed by atoms with van der Waals surface area (Å²) in [6.45, 7) is 0. The largest absolute Gasteiger partial charge is 0.481 e. The molecule has 2 N–H and O–H groups in total. The van der Waals surface area contributed by atoms with E-state index in [1.165, 1.54) is 0 Å². The Morgan fingerprint density at radius 2 is 1.95 bits per heavy atom. The van der Waals surface area contributed by atoms with E-state index in [0.29, 0.717) is 12.8 Å². The Balaban J connectivity index is 1.91. The van der Waals surface area contributed by atoms with E-state index in [9.17, 15) is 14.7 Å². The number of carbonyl (C=O) groups excluding carboxylic acids is 1. The Hall–Kier alpha value is -1.32. The minimum Gasteiger partial charge on any atom is -0.481 e. The number of carboxylic acid groups (broad SMARTS) is 1. The van der Waals surface area contributed by atoms with Crippen LogP contribution in [0.25, 0.3) is 0 Å². The number of allylic oxidation sites excluding steroid dienone is 1. The smallest absolute Gasteiger partial charge is 0.310 e. The number of carbonyl (C=O) groups is 2. The summed E-state index contributed by atoms with van der Waals surface area (Å²) >= 11 is 0. The third kappa shape index (κ3) is 3.58. The van der Waals surface area contributed by atoms with Gasteiger partial charge in [-0.3, -0.25) is 9.59 Å². The molecule has 1 unspecified atom stereocenters. The maximum atomic E-state index is 12.1. The van der Waals surface area contributed by atoms with Crippen molar-refractivity contribution in [1.29, 1.82) is 0 Å². The highest BCUT2D eigenvalue weighted by Gasteiger charge is 2.41. The molecule has 1 saturated carbocycles. The van der Waals surface area contributed by atoms with Crippen LogP contribution in [0.5, 0.6) is 0 Å². The molecule has 2 rings (SSSR count). The molecule has 1 amide bonds. The van der Waals surface area contributed by atoms with Crippen molar-refractivity contribution in [3.05, 3.63) is 12.2 Å². The highest BCUT2D eigenvalue weighted by atomic mass is 16.4. The summed E-state index contributed by atoms with van der Waals surface area (Å²) < 4.78 is 0. The first-order valence-electron chi connectivity index (χ1n) is 7.30. The average Bonchev–Trinajstić information content (AvgIpc) is 2.40. The number of rotatable bonds is 4. The van der Waals surface area contributed by atoms with Gasteiger partial charge in [0.15, 0.2) is 0 Å². The molecule has 0 aromatic heterocycles. The molecule has 2 aliphatic rings. The van der Waals surface area contributed by atoms with Gasteiger partial charge in [-0.2, -0.15) is 0 Å². The van der Waals surface area contributed by atoms with E-state index in [4.69, 9.17) is 0 Å². The van der Waals surface area contributed by atoms with Crippen molar-refractivity contribution in [1.82, 2.24) is 5.32 Å². The Morgan fingerprint density at radius 1 is 1.21 bits per heavy atom. The van der Waals surface area contributed by atoms with Crippen molar-refractivity contribution < 1.29 is 14.7 Å². The van der Waals surface area contributed by atoms with Crippen LogP contribution in [-0.4, -0.2) is 23.0 Å². The number of carboxylic acids is 1. The van der Waals surface area contributed by atoms with Gasteiger partial charge in [0, 0.05) is 12.5 Å². The lowest BCUT2D eigenvalue weighted by molar-refractivity contribution is -0.154. The van der Waals surface area contributed by atoms with Gasteiger partial charge < -0.3 is 10.4 Å². The Labute approximate surface area is 114 Å². The molecule has 0 heterocycles. The van der Waals surface area contributed by atoms with Crippen LogP contribution in [0.2, 0.25) is 0 Å². The van der Waals surface area contributed by atoms with E-state index in [-0.39, 0.29) is 18.4 Å². The van der Waals surface area contributed by atoms with Gasteiger partial charge >= 0.3 is 5.97 Å². The molecular formula is C15H23NO3. The second-order valence-electron chi connectivity index (χ2n) is 5.87. The van der Waals surface area contributed by atoms with Crippen molar-refractivity contribution in [2.75, 3.05) is 0 Å². The molecule has 2 aliphatic carbocycles. The lowest BCUT2D eigenvalue weighted by Gasteiger charge is -2.33. The number of hydrogen-bond donors (Lipinski definition) is 2. The van der Waals surface area contributed by atoms with E-state index >= 15 is 0 Å². The summed E-state index contributed by atoms with van der Waals surface area (Å²) in [5, 5.41) is 12.4. The molecule has 0 spiro atoms. The van der Waals surface area contributed by atoms with Crippen molar-refractivity contribution in [3.8, 4) is 0 Å². The molecule has 0 saturated heterocycles. The van der Waals surface area contributed by atoms with Gasteiger partial charge in [-0.1, -0.05) is 31.4 Å². The average molecular weight is 265 g/mol. The predicted molar refractivity (Wildman–Crippen MR) is 72.7 cm³/mol. The predicted octanol–water partition coefficient (Wildman–Crippen LogP) is 2.64. The van der Waals surface area contributed by atoms with E-state index in [1.807, 2.05) is 0 Å². The van der Waals surface area contributed by atoms with Gasteiger partial charge in [0.1, 0.15) is 0 Å².